The van der Waals surface area contributed by atoms with Crippen LogP contribution in [-0.2, 0) is 31.9 Å². The zero-order valence-corrected chi connectivity index (χ0v) is 18.6. The highest BCUT2D eigenvalue weighted by molar-refractivity contribution is 7.88. The third kappa shape index (κ3) is 5.62. The van der Waals surface area contributed by atoms with E-state index >= 15 is 0 Å². The zero-order chi connectivity index (χ0) is 24.2. The van der Waals surface area contributed by atoms with Gasteiger partial charge in [-0.05, 0) is 5.56 Å². The summed E-state index contributed by atoms with van der Waals surface area (Å²) in [5.41, 5.74) is -1.48. The van der Waals surface area contributed by atoms with Crippen molar-refractivity contribution in [2.24, 2.45) is 0 Å². The van der Waals surface area contributed by atoms with Crippen molar-refractivity contribution in [3.63, 3.8) is 0 Å². The van der Waals surface area contributed by atoms with Gasteiger partial charge in [-0.3, -0.25) is 24.3 Å². The molecule has 0 unspecified atom stereocenters. The molecule has 2 aromatic rings. The number of benzene rings is 1. The maximum Gasteiger partial charge on any atom is 0.339 e. The van der Waals surface area contributed by atoms with Crippen molar-refractivity contribution in [2.75, 3.05) is 33.3 Å². The molecule has 0 aliphatic carbocycles. The van der Waals surface area contributed by atoms with E-state index in [1.165, 1.54) is 9.21 Å². The topological polar surface area (TPSA) is 149 Å². The summed E-state index contributed by atoms with van der Waals surface area (Å²) in [7, 11) is -2.49. The number of aromatic nitrogens is 1. The van der Waals surface area contributed by atoms with E-state index in [0.29, 0.717) is 5.56 Å². The Labute approximate surface area is 189 Å². The number of esters is 1. The van der Waals surface area contributed by atoms with Gasteiger partial charge in [0.15, 0.2) is 0 Å². The van der Waals surface area contributed by atoms with Gasteiger partial charge in [0.1, 0.15) is 6.54 Å². The van der Waals surface area contributed by atoms with Gasteiger partial charge in [-0.15, -0.1) is 0 Å². The summed E-state index contributed by atoms with van der Waals surface area (Å²) in [6, 6.07) is 9.53. The Hall–Kier alpha value is -3.58. The average Bonchev–Trinajstić information content (AvgIpc) is 2.80. The van der Waals surface area contributed by atoms with E-state index in [2.05, 4.69) is 4.74 Å². The third-order valence-corrected chi connectivity index (χ3v) is 7.02. The summed E-state index contributed by atoms with van der Waals surface area (Å²) < 4.78 is 32.0. The number of rotatable bonds is 7. The monoisotopic (exact) mass is 478 g/mol. The molecule has 0 N–H and O–H groups in total. The lowest BCUT2D eigenvalue weighted by Gasteiger charge is -2.34. The highest BCUT2D eigenvalue weighted by Gasteiger charge is 2.30. The Bertz CT molecular complexity index is 1220. The van der Waals surface area contributed by atoms with Crippen molar-refractivity contribution in [3.8, 4) is 0 Å². The predicted octanol–water partition coefficient (Wildman–Crippen LogP) is 0.217. The smallest absolute Gasteiger partial charge is 0.339 e. The summed E-state index contributed by atoms with van der Waals surface area (Å²) in [5.74, 6) is -1.58. The summed E-state index contributed by atoms with van der Waals surface area (Å²) >= 11 is 0. The molecule has 1 aromatic carbocycles. The van der Waals surface area contributed by atoms with E-state index in [9.17, 15) is 32.9 Å². The van der Waals surface area contributed by atoms with Crippen LogP contribution in [0.2, 0.25) is 0 Å². The molecule has 33 heavy (non-hydrogen) atoms. The van der Waals surface area contributed by atoms with Crippen molar-refractivity contribution in [1.82, 2.24) is 13.8 Å². The molecule has 0 bridgehead atoms. The fourth-order valence-electron chi connectivity index (χ4n) is 3.44. The van der Waals surface area contributed by atoms with Gasteiger partial charge >= 0.3 is 17.2 Å². The van der Waals surface area contributed by atoms with E-state index in [1.54, 1.807) is 30.3 Å². The first-order chi connectivity index (χ1) is 15.6. The number of piperazine rings is 1. The summed E-state index contributed by atoms with van der Waals surface area (Å²) in [6.45, 7) is -0.182. The van der Waals surface area contributed by atoms with Crippen LogP contribution in [0.15, 0.2) is 47.4 Å². The lowest BCUT2D eigenvalue weighted by atomic mass is 10.2. The normalized spacial score (nSPS) is 14.6. The number of carbonyl (C=O) groups excluding carboxylic acids is 2. The van der Waals surface area contributed by atoms with Gasteiger partial charge < -0.3 is 9.64 Å². The minimum Gasteiger partial charge on any atom is -0.465 e. The van der Waals surface area contributed by atoms with Gasteiger partial charge in [-0.1, -0.05) is 30.3 Å². The van der Waals surface area contributed by atoms with Gasteiger partial charge in [0, 0.05) is 38.4 Å². The number of methoxy groups -OCH3 is 1. The molecule has 1 aliphatic heterocycles. The molecular formula is C20H22N4O8S. The van der Waals surface area contributed by atoms with Crippen LogP contribution in [0.5, 0.6) is 0 Å². The van der Waals surface area contributed by atoms with Crippen LogP contribution in [0.3, 0.4) is 0 Å². The van der Waals surface area contributed by atoms with E-state index in [1.807, 2.05) is 0 Å². The lowest BCUT2D eigenvalue weighted by molar-refractivity contribution is -0.386. The largest absolute Gasteiger partial charge is 0.465 e. The average molecular weight is 478 g/mol. The highest BCUT2D eigenvalue weighted by Crippen LogP contribution is 2.15. The Morgan fingerprint density at radius 2 is 1.76 bits per heavy atom. The second kappa shape index (κ2) is 9.92. The SMILES string of the molecule is COC(=O)c1cc([N+](=O)[O-])c(=O)n(CC(=O)N2CCN(S(=O)(=O)Cc3ccccc3)CC2)c1. The number of hydrogen-bond acceptors (Lipinski definition) is 8. The van der Waals surface area contributed by atoms with Crippen molar-refractivity contribution < 1.29 is 27.7 Å². The summed E-state index contributed by atoms with van der Waals surface area (Å²) in [6.07, 6.45) is 1.03. The maximum absolute atomic E-state index is 12.7. The molecule has 1 aromatic heterocycles. The van der Waals surface area contributed by atoms with Crippen molar-refractivity contribution >= 4 is 27.6 Å². The quantitative estimate of drug-likeness (QED) is 0.312. The van der Waals surface area contributed by atoms with Crippen molar-refractivity contribution in [3.05, 3.63) is 74.2 Å². The highest BCUT2D eigenvalue weighted by atomic mass is 32.2. The van der Waals surface area contributed by atoms with Crippen LogP contribution in [0.4, 0.5) is 5.69 Å². The molecule has 0 spiro atoms. The second-order valence-corrected chi connectivity index (χ2v) is 9.29. The van der Waals surface area contributed by atoms with Crippen LogP contribution in [0.25, 0.3) is 0 Å². The molecular weight excluding hydrogens is 456 g/mol. The molecule has 1 amide bonds. The van der Waals surface area contributed by atoms with E-state index in [-0.39, 0.29) is 37.5 Å². The molecule has 1 aliphatic rings. The van der Waals surface area contributed by atoms with Crippen molar-refractivity contribution in [2.45, 2.75) is 12.3 Å². The first-order valence-corrected chi connectivity index (χ1v) is 11.5. The fraction of sp³-hybridized carbons (Fsp3) is 0.350. The molecule has 0 atom stereocenters. The summed E-state index contributed by atoms with van der Waals surface area (Å²) in [4.78, 5) is 48.5. The van der Waals surface area contributed by atoms with E-state index < -0.39 is 44.6 Å². The molecule has 2 heterocycles. The molecule has 1 fully saturated rings. The summed E-state index contributed by atoms with van der Waals surface area (Å²) in [5, 5.41) is 11.2. The number of hydrogen-bond donors (Lipinski definition) is 0. The number of amides is 1. The first-order valence-electron chi connectivity index (χ1n) is 9.89. The van der Waals surface area contributed by atoms with E-state index in [0.717, 1.165) is 23.9 Å². The standard InChI is InChI=1S/C20H22N4O8S/c1-32-20(27)16-11-17(24(28)29)19(26)22(12-16)13-18(25)21-7-9-23(10-8-21)33(30,31)14-15-5-3-2-4-6-15/h2-6,11-12H,7-10,13-14H2,1H3. The molecule has 13 heteroatoms. The number of sulfonamides is 1. The maximum atomic E-state index is 12.7. The van der Waals surface area contributed by atoms with Gasteiger partial charge in [-0.25, -0.2) is 13.2 Å². The van der Waals surface area contributed by atoms with Gasteiger partial charge in [0.25, 0.3) is 0 Å². The second-order valence-electron chi connectivity index (χ2n) is 7.32. The molecule has 0 saturated carbocycles. The van der Waals surface area contributed by atoms with Crippen LogP contribution in [-0.4, -0.2) is 72.3 Å². The van der Waals surface area contributed by atoms with Gasteiger partial charge in [0.05, 0.1) is 23.3 Å². The molecule has 1 saturated heterocycles. The minimum atomic E-state index is -3.57. The van der Waals surface area contributed by atoms with Crippen LogP contribution < -0.4 is 5.56 Å². The molecule has 176 valence electrons. The van der Waals surface area contributed by atoms with Crippen LogP contribution in [0.1, 0.15) is 15.9 Å². The fourth-order valence-corrected chi connectivity index (χ4v) is 4.95. The number of carbonyl (C=O) groups is 2. The Kier molecular flexibility index (Phi) is 7.23. The number of nitrogens with zero attached hydrogens (tertiary/aromatic N) is 4. The molecule has 12 nitrogen and oxygen atoms in total. The zero-order valence-electron chi connectivity index (χ0n) is 17.7. The molecule has 3 rings (SSSR count). The molecule has 0 radical (unpaired) electrons. The predicted molar refractivity (Wildman–Crippen MR) is 116 cm³/mol. The number of pyridine rings is 1. The Morgan fingerprint density at radius 3 is 2.33 bits per heavy atom. The third-order valence-electron chi connectivity index (χ3n) is 5.17. The minimum absolute atomic E-state index is 0.0815. The first kappa shape index (κ1) is 24.1. The van der Waals surface area contributed by atoms with Crippen molar-refractivity contribution in [1.29, 1.82) is 0 Å². The van der Waals surface area contributed by atoms with Gasteiger partial charge in [-0.2, -0.15) is 4.31 Å². The Balaban J connectivity index is 1.69. The van der Waals surface area contributed by atoms with Gasteiger partial charge in [0.2, 0.25) is 15.9 Å². The van der Waals surface area contributed by atoms with E-state index in [4.69, 9.17) is 0 Å². The number of ether oxygens (including phenoxy) is 1. The van der Waals surface area contributed by atoms with Crippen LogP contribution in [0, 0.1) is 10.1 Å². The lowest BCUT2D eigenvalue weighted by Crippen LogP contribution is -2.51. The number of nitro groups is 1. The van der Waals surface area contributed by atoms with Crippen LogP contribution >= 0.6 is 0 Å². The Morgan fingerprint density at radius 1 is 1.12 bits per heavy atom.